The number of halogens is 1. The van der Waals surface area contributed by atoms with Crippen LogP contribution in [0, 0.1) is 6.92 Å². The minimum absolute atomic E-state index is 0.263. The van der Waals surface area contributed by atoms with Gasteiger partial charge in [0.1, 0.15) is 5.82 Å². The number of hydrogen-bond donors (Lipinski definition) is 2. The summed E-state index contributed by atoms with van der Waals surface area (Å²) in [6.45, 7) is 4.96. The highest BCUT2D eigenvalue weighted by Gasteiger charge is 2.15. The van der Waals surface area contributed by atoms with Gasteiger partial charge in [-0.05, 0) is 43.3 Å². The Morgan fingerprint density at radius 2 is 1.85 bits per heavy atom. The fraction of sp³-hybridized carbons (Fsp3) is 0.273. The highest BCUT2D eigenvalue weighted by molar-refractivity contribution is 7.92. The lowest BCUT2D eigenvalue weighted by molar-refractivity contribution is 0.102. The van der Waals surface area contributed by atoms with E-state index in [1.54, 1.807) is 18.3 Å². The molecule has 1 saturated heterocycles. The molecule has 2 aromatic heterocycles. The maximum absolute atomic E-state index is 12.8. The van der Waals surface area contributed by atoms with E-state index in [-0.39, 0.29) is 16.6 Å². The number of nitrogens with one attached hydrogen (secondary N) is 2. The number of rotatable bonds is 6. The van der Waals surface area contributed by atoms with Gasteiger partial charge in [-0.1, -0.05) is 11.6 Å². The summed E-state index contributed by atoms with van der Waals surface area (Å²) in [5.74, 6) is 0.348. The van der Waals surface area contributed by atoms with Gasteiger partial charge in [0.05, 0.1) is 42.6 Å². The molecule has 174 valence electrons. The summed E-state index contributed by atoms with van der Waals surface area (Å²) in [5.41, 5.74) is 2.95. The third-order valence-corrected chi connectivity index (χ3v) is 5.91. The van der Waals surface area contributed by atoms with E-state index in [1.165, 1.54) is 12.1 Å². The first kappa shape index (κ1) is 23.1. The van der Waals surface area contributed by atoms with Gasteiger partial charge in [-0.2, -0.15) is 0 Å². The quantitative estimate of drug-likeness (QED) is 0.550. The van der Waals surface area contributed by atoms with Crippen LogP contribution in [0.4, 0.5) is 17.1 Å². The number of amides is 1. The Kier molecular flexibility index (Phi) is 6.59. The molecule has 0 bridgehead atoms. The molecule has 11 heteroatoms. The van der Waals surface area contributed by atoms with Crippen LogP contribution in [0.3, 0.4) is 0 Å². The van der Waals surface area contributed by atoms with E-state index in [9.17, 15) is 13.2 Å². The fourth-order valence-electron chi connectivity index (χ4n) is 3.61. The van der Waals surface area contributed by atoms with Gasteiger partial charge in [0, 0.05) is 35.7 Å². The standard InChI is InChI=1S/C22H24ClN5O4S/c1-15-9-16(22(29)25-18-10-17(23)11-19(12-18)26-33(2,30)31)14-28(15)21-4-3-20(13-24-21)27-5-7-32-8-6-27/h3-4,9-14,26H,5-8H2,1-2H3,(H,25,29). The molecular weight excluding hydrogens is 466 g/mol. The van der Waals surface area contributed by atoms with Crippen LogP contribution < -0.4 is 14.9 Å². The number of aromatic nitrogens is 2. The molecule has 0 atom stereocenters. The van der Waals surface area contributed by atoms with Crippen LogP contribution >= 0.6 is 11.6 Å². The van der Waals surface area contributed by atoms with Gasteiger partial charge in [-0.15, -0.1) is 0 Å². The van der Waals surface area contributed by atoms with E-state index in [0.717, 1.165) is 30.7 Å². The van der Waals surface area contributed by atoms with Crippen molar-refractivity contribution in [3.05, 3.63) is 65.1 Å². The summed E-state index contributed by atoms with van der Waals surface area (Å²) in [5, 5.41) is 3.05. The summed E-state index contributed by atoms with van der Waals surface area (Å²) in [7, 11) is -3.48. The Balaban J connectivity index is 1.51. The van der Waals surface area contributed by atoms with Gasteiger partial charge in [-0.25, -0.2) is 13.4 Å². The largest absolute Gasteiger partial charge is 0.378 e. The average Bonchev–Trinajstić information content (AvgIpc) is 3.14. The first-order valence-electron chi connectivity index (χ1n) is 10.3. The maximum Gasteiger partial charge on any atom is 0.257 e. The highest BCUT2D eigenvalue weighted by atomic mass is 35.5. The number of nitrogens with zero attached hydrogens (tertiary/aromatic N) is 3. The lowest BCUT2D eigenvalue weighted by atomic mass is 10.2. The van der Waals surface area contributed by atoms with Crippen molar-refractivity contribution in [1.82, 2.24) is 9.55 Å². The summed E-state index contributed by atoms with van der Waals surface area (Å²) in [6, 6.07) is 10.2. The molecule has 3 heterocycles. The monoisotopic (exact) mass is 489 g/mol. The maximum atomic E-state index is 12.8. The molecule has 1 amide bonds. The Bertz CT molecular complexity index is 1270. The summed E-state index contributed by atoms with van der Waals surface area (Å²) in [6.07, 6.45) is 4.57. The third-order valence-electron chi connectivity index (χ3n) is 5.09. The fourth-order valence-corrected chi connectivity index (χ4v) is 4.39. The van der Waals surface area contributed by atoms with E-state index in [2.05, 4.69) is 19.9 Å². The van der Waals surface area contributed by atoms with Gasteiger partial charge < -0.3 is 19.5 Å². The molecule has 33 heavy (non-hydrogen) atoms. The van der Waals surface area contributed by atoms with Crippen molar-refractivity contribution in [1.29, 1.82) is 0 Å². The zero-order chi connectivity index (χ0) is 23.6. The Hall–Kier alpha value is -3.08. The summed E-state index contributed by atoms with van der Waals surface area (Å²) in [4.78, 5) is 19.6. The zero-order valence-corrected chi connectivity index (χ0v) is 19.8. The molecule has 3 aromatic rings. The highest BCUT2D eigenvalue weighted by Crippen LogP contribution is 2.24. The van der Waals surface area contributed by atoms with E-state index >= 15 is 0 Å². The van der Waals surface area contributed by atoms with E-state index in [1.807, 2.05) is 29.8 Å². The molecule has 0 aliphatic carbocycles. The Morgan fingerprint density at radius 1 is 1.12 bits per heavy atom. The van der Waals surface area contributed by atoms with Crippen LogP contribution in [0.15, 0.2) is 48.8 Å². The van der Waals surface area contributed by atoms with E-state index in [4.69, 9.17) is 16.3 Å². The number of anilines is 3. The molecule has 4 rings (SSSR count). The first-order chi connectivity index (χ1) is 15.7. The normalized spacial score (nSPS) is 14.2. The zero-order valence-electron chi connectivity index (χ0n) is 18.2. The number of aryl methyl sites for hydroxylation is 1. The molecule has 1 aliphatic heterocycles. The molecule has 0 spiro atoms. The molecule has 1 fully saturated rings. The van der Waals surface area contributed by atoms with Crippen LogP contribution in [0.2, 0.25) is 5.02 Å². The Morgan fingerprint density at radius 3 is 2.52 bits per heavy atom. The number of ether oxygens (including phenoxy) is 1. The second kappa shape index (κ2) is 9.42. The number of benzene rings is 1. The molecule has 2 N–H and O–H groups in total. The molecule has 0 unspecified atom stereocenters. The lowest BCUT2D eigenvalue weighted by Crippen LogP contribution is -2.36. The van der Waals surface area contributed by atoms with Gasteiger partial charge >= 0.3 is 0 Å². The molecule has 1 aromatic carbocycles. The summed E-state index contributed by atoms with van der Waals surface area (Å²) >= 11 is 6.08. The number of carbonyl (C=O) groups is 1. The molecular formula is C22H24ClN5O4S. The second-order valence-corrected chi connectivity index (χ2v) is 9.96. The van der Waals surface area contributed by atoms with Crippen LogP contribution in [-0.2, 0) is 14.8 Å². The predicted octanol–water partition coefficient (Wildman–Crippen LogP) is 3.29. The summed E-state index contributed by atoms with van der Waals surface area (Å²) < 4.78 is 32.6. The number of hydrogen-bond acceptors (Lipinski definition) is 6. The SMILES string of the molecule is Cc1cc(C(=O)Nc2cc(Cl)cc(NS(C)(=O)=O)c2)cn1-c1ccc(N2CCOCC2)cn1. The Labute approximate surface area is 197 Å². The molecule has 9 nitrogen and oxygen atoms in total. The van der Waals surface area contributed by atoms with Crippen LogP contribution in [0.5, 0.6) is 0 Å². The number of sulfonamides is 1. The second-order valence-electron chi connectivity index (χ2n) is 7.77. The molecule has 0 radical (unpaired) electrons. The van der Waals surface area contributed by atoms with Gasteiger partial charge in [0.25, 0.3) is 5.91 Å². The van der Waals surface area contributed by atoms with Crippen LogP contribution in [0.25, 0.3) is 5.82 Å². The van der Waals surface area contributed by atoms with Crippen LogP contribution in [-0.4, -0.2) is 56.4 Å². The van der Waals surface area contributed by atoms with Crippen molar-refractivity contribution in [2.75, 3.05) is 47.5 Å². The third kappa shape index (κ3) is 5.84. The van der Waals surface area contributed by atoms with Gasteiger partial charge in [0.2, 0.25) is 10.0 Å². The lowest BCUT2D eigenvalue weighted by Gasteiger charge is -2.28. The minimum atomic E-state index is -3.48. The molecule has 1 aliphatic rings. The van der Waals surface area contributed by atoms with Gasteiger partial charge in [0.15, 0.2) is 0 Å². The van der Waals surface area contributed by atoms with Crippen LogP contribution in [0.1, 0.15) is 16.1 Å². The van der Waals surface area contributed by atoms with Crippen molar-refractivity contribution < 1.29 is 17.9 Å². The molecule has 0 saturated carbocycles. The van der Waals surface area contributed by atoms with Crippen molar-refractivity contribution in [2.24, 2.45) is 0 Å². The van der Waals surface area contributed by atoms with Crippen molar-refractivity contribution >= 4 is 44.6 Å². The average molecular weight is 490 g/mol. The van der Waals surface area contributed by atoms with Crippen molar-refractivity contribution in [3.63, 3.8) is 0 Å². The minimum Gasteiger partial charge on any atom is -0.378 e. The van der Waals surface area contributed by atoms with Crippen molar-refractivity contribution in [3.8, 4) is 5.82 Å². The number of pyridine rings is 1. The van der Waals surface area contributed by atoms with E-state index in [0.29, 0.717) is 30.3 Å². The number of carbonyl (C=O) groups excluding carboxylic acids is 1. The number of morpholine rings is 1. The van der Waals surface area contributed by atoms with Gasteiger partial charge in [-0.3, -0.25) is 9.52 Å². The smallest absolute Gasteiger partial charge is 0.257 e. The van der Waals surface area contributed by atoms with E-state index < -0.39 is 10.0 Å². The first-order valence-corrected chi connectivity index (χ1v) is 12.5. The topological polar surface area (TPSA) is 106 Å². The van der Waals surface area contributed by atoms with Crippen molar-refractivity contribution in [2.45, 2.75) is 6.92 Å². The predicted molar refractivity (Wildman–Crippen MR) is 129 cm³/mol.